The van der Waals surface area contributed by atoms with Gasteiger partial charge in [-0.3, -0.25) is 14.6 Å². The van der Waals surface area contributed by atoms with Crippen molar-refractivity contribution in [3.63, 3.8) is 0 Å². The van der Waals surface area contributed by atoms with Gasteiger partial charge in [0.05, 0.1) is 17.9 Å². The predicted octanol–water partition coefficient (Wildman–Crippen LogP) is 4.18. The maximum absolute atomic E-state index is 13.8. The van der Waals surface area contributed by atoms with E-state index in [0.29, 0.717) is 19.5 Å². The Morgan fingerprint density at radius 3 is 2.61 bits per heavy atom. The number of aryl methyl sites for hydroxylation is 1. The summed E-state index contributed by atoms with van der Waals surface area (Å²) in [6.07, 6.45) is 4.06. The summed E-state index contributed by atoms with van der Waals surface area (Å²) in [5.74, 6) is -0.208. The first-order valence-corrected chi connectivity index (χ1v) is 12.2. The first kappa shape index (κ1) is 21.9. The van der Waals surface area contributed by atoms with Gasteiger partial charge in [-0.25, -0.2) is 0 Å². The Hall–Kier alpha value is -2.90. The molecule has 0 saturated carbocycles. The van der Waals surface area contributed by atoms with Crippen molar-refractivity contribution in [2.45, 2.75) is 49.5 Å². The zero-order valence-electron chi connectivity index (χ0n) is 19.0. The van der Waals surface area contributed by atoms with Crippen LogP contribution in [-0.4, -0.2) is 45.7 Å². The van der Waals surface area contributed by atoms with Crippen LogP contribution in [-0.2, 0) is 11.2 Å². The molecule has 5 rings (SSSR count). The Kier molecular flexibility index (Phi) is 5.85. The minimum Gasteiger partial charge on any atom is -0.372 e. The number of morpholine rings is 1. The highest BCUT2D eigenvalue weighted by Crippen LogP contribution is 2.44. The summed E-state index contributed by atoms with van der Waals surface area (Å²) < 4.78 is 7.92. The van der Waals surface area contributed by atoms with Gasteiger partial charge in [0, 0.05) is 59.5 Å². The Bertz CT molecular complexity index is 1250. The molecule has 1 saturated heterocycles. The number of amides is 1. The second-order valence-electron chi connectivity index (χ2n) is 8.84. The third-order valence-electron chi connectivity index (χ3n) is 6.23. The fourth-order valence-electron chi connectivity index (χ4n) is 4.92. The summed E-state index contributed by atoms with van der Waals surface area (Å²) >= 11 is 1.75. The number of carbonyl (C=O) groups is 1. The minimum absolute atomic E-state index is 0.0314. The molecule has 4 heterocycles. The van der Waals surface area contributed by atoms with Crippen LogP contribution in [0.2, 0.25) is 0 Å². The van der Waals surface area contributed by atoms with Crippen molar-refractivity contribution in [1.82, 2.24) is 14.5 Å². The molecule has 0 bridgehead atoms. The van der Waals surface area contributed by atoms with E-state index in [2.05, 4.69) is 27.8 Å². The van der Waals surface area contributed by atoms with Crippen molar-refractivity contribution in [2.75, 3.05) is 13.1 Å². The summed E-state index contributed by atoms with van der Waals surface area (Å²) in [5.41, 5.74) is 3.72. The van der Waals surface area contributed by atoms with Gasteiger partial charge in [-0.05, 0) is 44.5 Å². The van der Waals surface area contributed by atoms with E-state index in [0.717, 1.165) is 27.5 Å². The molecule has 2 aliphatic heterocycles. The van der Waals surface area contributed by atoms with Crippen molar-refractivity contribution in [1.29, 1.82) is 0 Å². The van der Waals surface area contributed by atoms with Crippen LogP contribution in [0.4, 0.5) is 0 Å². The fraction of sp³-hybridized carbons (Fsp3) is 0.346. The van der Waals surface area contributed by atoms with E-state index in [9.17, 15) is 9.59 Å². The van der Waals surface area contributed by atoms with Crippen LogP contribution in [0.15, 0.2) is 64.5 Å². The lowest BCUT2D eigenvalue weighted by atomic mass is 10.0. The monoisotopic (exact) mass is 461 g/mol. The Morgan fingerprint density at radius 1 is 1.12 bits per heavy atom. The summed E-state index contributed by atoms with van der Waals surface area (Å²) in [6, 6.07) is 13.8. The van der Waals surface area contributed by atoms with Gasteiger partial charge in [0.1, 0.15) is 5.56 Å². The third-order valence-corrected chi connectivity index (χ3v) is 7.55. The van der Waals surface area contributed by atoms with Gasteiger partial charge in [0.25, 0.3) is 5.91 Å². The molecule has 170 valence electrons. The molecule has 0 radical (unpaired) electrons. The molecule has 7 heteroatoms. The van der Waals surface area contributed by atoms with Crippen LogP contribution in [0.1, 0.15) is 46.4 Å². The molecule has 3 atom stereocenters. The maximum atomic E-state index is 13.8. The number of pyridine rings is 2. The topological polar surface area (TPSA) is 64.4 Å². The number of aromatic nitrogens is 2. The number of rotatable bonds is 2. The van der Waals surface area contributed by atoms with Crippen molar-refractivity contribution in [3.05, 3.63) is 87.6 Å². The quantitative estimate of drug-likeness (QED) is 0.573. The minimum atomic E-state index is -0.218. The molecule has 1 aromatic carbocycles. The molecule has 1 fully saturated rings. The SMILES string of the molecule is Cc1cc(=O)c(C(=O)N2C[C@@H](C)O[C@@H](C)C2)c2n1-c1ccccc1S[C@@H](c1cccnc1)C2. The van der Waals surface area contributed by atoms with Gasteiger partial charge in [-0.15, -0.1) is 11.8 Å². The Balaban J connectivity index is 1.70. The number of hydrogen-bond acceptors (Lipinski definition) is 5. The lowest BCUT2D eigenvalue weighted by Crippen LogP contribution is -2.49. The standard InChI is InChI=1S/C26H27N3O3S/c1-16-11-22(30)25(26(31)28-14-17(2)32-18(3)15-28)21-12-24(19-7-6-10-27-13-19)33-23-9-5-4-8-20(23)29(16)21/h4-11,13,17-18,24H,12,14-15H2,1-3H3/t17-,18+,24-/m1/s1. The van der Waals surface area contributed by atoms with Crippen LogP contribution in [0.25, 0.3) is 5.69 Å². The fourth-order valence-corrected chi connectivity index (χ4v) is 6.18. The van der Waals surface area contributed by atoms with Gasteiger partial charge in [-0.2, -0.15) is 0 Å². The first-order chi connectivity index (χ1) is 15.9. The van der Waals surface area contributed by atoms with E-state index < -0.39 is 0 Å². The number of fused-ring (bicyclic) bond motifs is 3. The predicted molar refractivity (Wildman–Crippen MR) is 129 cm³/mol. The zero-order valence-corrected chi connectivity index (χ0v) is 19.8. The average molecular weight is 462 g/mol. The molecule has 1 amide bonds. The molecule has 33 heavy (non-hydrogen) atoms. The van der Waals surface area contributed by atoms with Gasteiger partial charge in [0.2, 0.25) is 0 Å². The average Bonchev–Trinajstić information content (AvgIpc) is 2.96. The Labute approximate surface area is 197 Å². The maximum Gasteiger partial charge on any atom is 0.259 e. The van der Waals surface area contributed by atoms with Crippen molar-refractivity contribution in [3.8, 4) is 5.69 Å². The van der Waals surface area contributed by atoms with Gasteiger partial charge in [0.15, 0.2) is 5.43 Å². The van der Waals surface area contributed by atoms with E-state index in [1.54, 1.807) is 28.9 Å². The molecule has 6 nitrogen and oxygen atoms in total. The number of para-hydroxylation sites is 1. The Morgan fingerprint density at radius 2 is 1.88 bits per heavy atom. The number of nitrogens with zero attached hydrogens (tertiary/aromatic N) is 3. The number of hydrogen-bond donors (Lipinski definition) is 0. The van der Waals surface area contributed by atoms with E-state index in [1.807, 2.05) is 45.2 Å². The van der Waals surface area contributed by atoms with Crippen molar-refractivity contribution >= 4 is 17.7 Å². The smallest absolute Gasteiger partial charge is 0.259 e. The summed E-state index contributed by atoms with van der Waals surface area (Å²) in [5, 5.41) is 0.0314. The zero-order chi connectivity index (χ0) is 23.1. The highest BCUT2D eigenvalue weighted by Gasteiger charge is 2.33. The molecule has 0 N–H and O–H groups in total. The van der Waals surface area contributed by atoms with E-state index in [4.69, 9.17) is 4.74 Å². The van der Waals surface area contributed by atoms with Crippen LogP contribution in [0.5, 0.6) is 0 Å². The van der Waals surface area contributed by atoms with E-state index in [1.165, 1.54) is 0 Å². The number of ether oxygens (including phenoxy) is 1. The lowest BCUT2D eigenvalue weighted by Gasteiger charge is -2.35. The van der Waals surface area contributed by atoms with E-state index >= 15 is 0 Å². The highest BCUT2D eigenvalue weighted by atomic mass is 32.2. The lowest BCUT2D eigenvalue weighted by molar-refractivity contribution is -0.0586. The molecular weight excluding hydrogens is 434 g/mol. The molecule has 2 aliphatic rings. The molecule has 3 aromatic rings. The van der Waals surface area contributed by atoms with Crippen LogP contribution in [0.3, 0.4) is 0 Å². The molecular formula is C26H27N3O3S. The van der Waals surface area contributed by atoms with Crippen LogP contribution < -0.4 is 5.43 Å². The van der Waals surface area contributed by atoms with Gasteiger partial charge >= 0.3 is 0 Å². The molecule has 0 unspecified atom stereocenters. The van der Waals surface area contributed by atoms with E-state index in [-0.39, 0.29) is 34.4 Å². The highest BCUT2D eigenvalue weighted by molar-refractivity contribution is 7.99. The normalized spacial score (nSPS) is 22.3. The summed E-state index contributed by atoms with van der Waals surface area (Å²) in [4.78, 5) is 34.3. The molecule has 2 aromatic heterocycles. The largest absolute Gasteiger partial charge is 0.372 e. The van der Waals surface area contributed by atoms with Crippen LogP contribution >= 0.6 is 11.8 Å². The van der Waals surface area contributed by atoms with Gasteiger partial charge < -0.3 is 14.2 Å². The summed E-state index contributed by atoms with van der Waals surface area (Å²) in [7, 11) is 0. The number of carbonyl (C=O) groups excluding carboxylic acids is 1. The second kappa shape index (κ2) is 8.80. The van der Waals surface area contributed by atoms with Gasteiger partial charge in [-0.1, -0.05) is 18.2 Å². The van der Waals surface area contributed by atoms with Crippen LogP contribution in [0, 0.1) is 6.92 Å². The molecule has 0 spiro atoms. The summed E-state index contributed by atoms with van der Waals surface area (Å²) in [6.45, 7) is 6.82. The first-order valence-electron chi connectivity index (χ1n) is 11.3. The number of thioether (sulfide) groups is 1. The third kappa shape index (κ3) is 4.11. The molecule has 0 aliphatic carbocycles. The van der Waals surface area contributed by atoms with Crippen molar-refractivity contribution in [2.24, 2.45) is 0 Å². The second-order valence-corrected chi connectivity index (χ2v) is 10.1. The van der Waals surface area contributed by atoms with Crippen molar-refractivity contribution < 1.29 is 9.53 Å². The number of benzene rings is 1.